The maximum absolute atomic E-state index is 6.38. The molecule has 5 heteroatoms. The van der Waals surface area contributed by atoms with Crippen LogP contribution in [0.2, 0.25) is 10.0 Å². The second-order valence-corrected chi connectivity index (χ2v) is 5.53. The Morgan fingerprint density at radius 1 is 0.762 bits per heavy atom. The van der Waals surface area contributed by atoms with E-state index in [1.165, 1.54) is 0 Å². The Labute approximate surface area is 130 Å². The zero-order valence-corrected chi connectivity index (χ0v) is 12.3. The number of benzene rings is 2. The van der Waals surface area contributed by atoms with Crippen LogP contribution < -0.4 is 0 Å². The highest BCUT2D eigenvalue weighted by Gasteiger charge is 2.14. The summed E-state index contributed by atoms with van der Waals surface area (Å²) in [5, 5.41) is 11.8. The minimum atomic E-state index is 0.635. The lowest BCUT2D eigenvalue weighted by atomic mass is 10.1. The quantitative estimate of drug-likeness (QED) is 0.502. The molecule has 0 aliphatic carbocycles. The maximum atomic E-state index is 6.38. The van der Waals surface area contributed by atoms with Gasteiger partial charge in [-0.25, -0.2) is 0 Å². The van der Waals surface area contributed by atoms with E-state index in [0.717, 1.165) is 22.0 Å². The molecule has 0 atom stereocenters. The van der Waals surface area contributed by atoms with E-state index >= 15 is 0 Å². The summed E-state index contributed by atoms with van der Waals surface area (Å²) < 4.78 is 1.88. The van der Waals surface area contributed by atoms with Crippen LogP contribution in [0, 0.1) is 0 Å². The smallest absolute Gasteiger partial charge is 0.169 e. The monoisotopic (exact) mass is 313 g/mol. The van der Waals surface area contributed by atoms with E-state index in [0.29, 0.717) is 15.9 Å². The van der Waals surface area contributed by atoms with Gasteiger partial charge in [0, 0.05) is 22.5 Å². The molecule has 3 nitrogen and oxygen atoms in total. The predicted molar refractivity (Wildman–Crippen MR) is 85.9 cm³/mol. The highest BCUT2D eigenvalue weighted by atomic mass is 35.5. The molecule has 21 heavy (non-hydrogen) atoms. The molecule has 2 aromatic carbocycles. The van der Waals surface area contributed by atoms with Gasteiger partial charge in [-0.1, -0.05) is 59.6 Å². The molecule has 0 N–H and O–H groups in total. The van der Waals surface area contributed by atoms with Crippen molar-refractivity contribution in [3.63, 3.8) is 0 Å². The lowest BCUT2D eigenvalue weighted by Gasteiger charge is -2.05. The number of hydrogen-bond donors (Lipinski definition) is 0. The van der Waals surface area contributed by atoms with E-state index in [9.17, 15) is 0 Å². The minimum absolute atomic E-state index is 0.635. The molecule has 0 spiro atoms. The maximum Gasteiger partial charge on any atom is 0.169 e. The standard InChI is InChI=1S/C16H9Cl2N3/c17-13-8-4-3-7-12(13)16-20-19-15-11-6-2-1-5-10(11)14(18)9-21(15)16/h1-9H. The van der Waals surface area contributed by atoms with Crippen molar-refractivity contribution in [1.82, 2.24) is 14.6 Å². The van der Waals surface area contributed by atoms with E-state index in [-0.39, 0.29) is 0 Å². The number of pyridine rings is 1. The third-order valence-electron chi connectivity index (χ3n) is 3.48. The Hall–Kier alpha value is -2.10. The third-order valence-corrected chi connectivity index (χ3v) is 4.11. The summed E-state index contributed by atoms with van der Waals surface area (Å²) in [6.45, 7) is 0. The van der Waals surface area contributed by atoms with Gasteiger partial charge in [0.2, 0.25) is 0 Å². The molecule has 0 saturated heterocycles. The predicted octanol–water partition coefficient (Wildman–Crippen LogP) is 4.86. The van der Waals surface area contributed by atoms with Crippen LogP contribution in [0.15, 0.2) is 54.7 Å². The molecule has 0 aliphatic heterocycles. The summed E-state index contributed by atoms with van der Waals surface area (Å²) in [5.41, 5.74) is 1.60. The van der Waals surface area contributed by atoms with E-state index in [1.807, 2.05) is 59.1 Å². The normalized spacial score (nSPS) is 11.3. The Morgan fingerprint density at radius 3 is 2.29 bits per heavy atom. The summed E-state index contributed by atoms with van der Waals surface area (Å²) in [7, 11) is 0. The van der Waals surface area contributed by atoms with Crippen molar-refractivity contribution in [2.75, 3.05) is 0 Å². The molecule has 0 saturated carbocycles. The third kappa shape index (κ3) is 1.89. The molecule has 0 fully saturated rings. The molecule has 102 valence electrons. The molecular weight excluding hydrogens is 305 g/mol. The average Bonchev–Trinajstić information content (AvgIpc) is 2.92. The first-order chi connectivity index (χ1) is 10.3. The number of fused-ring (bicyclic) bond motifs is 3. The Morgan fingerprint density at radius 2 is 1.48 bits per heavy atom. The highest BCUT2D eigenvalue weighted by Crippen LogP contribution is 2.31. The van der Waals surface area contributed by atoms with Crippen molar-refractivity contribution in [3.05, 3.63) is 64.8 Å². The molecule has 0 unspecified atom stereocenters. The van der Waals surface area contributed by atoms with Gasteiger partial charge in [0.1, 0.15) is 0 Å². The van der Waals surface area contributed by atoms with Gasteiger partial charge in [-0.2, -0.15) is 0 Å². The van der Waals surface area contributed by atoms with Crippen LogP contribution in [-0.2, 0) is 0 Å². The molecule has 0 amide bonds. The summed E-state index contributed by atoms with van der Waals surface area (Å²) >= 11 is 12.6. The van der Waals surface area contributed by atoms with Gasteiger partial charge >= 0.3 is 0 Å². The van der Waals surface area contributed by atoms with Crippen LogP contribution in [0.3, 0.4) is 0 Å². The van der Waals surface area contributed by atoms with Gasteiger partial charge in [0.05, 0.1) is 10.0 Å². The van der Waals surface area contributed by atoms with E-state index < -0.39 is 0 Å². The highest BCUT2D eigenvalue weighted by molar-refractivity contribution is 6.36. The second kappa shape index (κ2) is 4.72. The lowest BCUT2D eigenvalue weighted by molar-refractivity contribution is 1.11. The van der Waals surface area contributed by atoms with E-state index in [2.05, 4.69) is 10.2 Å². The number of hydrogen-bond acceptors (Lipinski definition) is 2. The van der Waals surface area contributed by atoms with Crippen LogP contribution in [-0.4, -0.2) is 14.6 Å². The molecule has 2 heterocycles. The van der Waals surface area contributed by atoms with Gasteiger partial charge in [-0.3, -0.25) is 4.40 Å². The Kier molecular flexibility index (Phi) is 2.84. The lowest BCUT2D eigenvalue weighted by Crippen LogP contribution is -1.91. The van der Waals surface area contributed by atoms with Crippen LogP contribution in [0.25, 0.3) is 27.8 Å². The SMILES string of the molecule is Clc1ccccc1-c1nnc2c3ccccc3c(Cl)cn12. The molecule has 4 aromatic rings. The van der Waals surface area contributed by atoms with Crippen molar-refractivity contribution in [2.24, 2.45) is 0 Å². The number of nitrogens with zero attached hydrogens (tertiary/aromatic N) is 3. The molecule has 4 rings (SSSR count). The average molecular weight is 314 g/mol. The number of aromatic nitrogens is 3. The molecule has 2 aromatic heterocycles. The van der Waals surface area contributed by atoms with Crippen molar-refractivity contribution in [1.29, 1.82) is 0 Å². The fourth-order valence-corrected chi connectivity index (χ4v) is 2.98. The van der Waals surface area contributed by atoms with E-state index in [4.69, 9.17) is 23.2 Å². The summed E-state index contributed by atoms with van der Waals surface area (Å²) in [4.78, 5) is 0. The van der Waals surface area contributed by atoms with Crippen LogP contribution in [0.1, 0.15) is 0 Å². The van der Waals surface area contributed by atoms with Gasteiger partial charge in [0.25, 0.3) is 0 Å². The first-order valence-corrected chi connectivity index (χ1v) is 7.18. The molecule has 0 aliphatic rings. The summed E-state index contributed by atoms with van der Waals surface area (Å²) in [5.74, 6) is 0.684. The molecular formula is C16H9Cl2N3. The Bertz CT molecular complexity index is 976. The van der Waals surface area contributed by atoms with Crippen LogP contribution >= 0.6 is 23.2 Å². The fourth-order valence-electron chi connectivity index (χ4n) is 2.49. The van der Waals surface area contributed by atoms with Crippen molar-refractivity contribution in [3.8, 4) is 11.4 Å². The zero-order chi connectivity index (χ0) is 14.4. The zero-order valence-electron chi connectivity index (χ0n) is 10.8. The summed E-state index contributed by atoms with van der Waals surface area (Å²) in [6, 6.07) is 15.4. The largest absolute Gasteiger partial charge is 0.280 e. The topological polar surface area (TPSA) is 30.2 Å². The number of rotatable bonds is 1. The van der Waals surface area contributed by atoms with Gasteiger partial charge in [-0.15, -0.1) is 10.2 Å². The number of halogens is 2. The van der Waals surface area contributed by atoms with Gasteiger partial charge < -0.3 is 0 Å². The molecule has 0 bridgehead atoms. The Balaban J connectivity index is 2.12. The first kappa shape index (κ1) is 12.6. The minimum Gasteiger partial charge on any atom is -0.280 e. The van der Waals surface area contributed by atoms with Crippen molar-refractivity contribution >= 4 is 39.6 Å². The van der Waals surface area contributed by atoms with Crippen molar-refractivity contribution < 1.29 is 0 Å². The second-order valence-electron chi connectivity index (χ2n) is 4.72. The van der Waals surface area contributed by atoms with Crippen LogP contribution in [0.5, 0.6) is 0 Å². The first-order valence-electron chi connectivity index (χ1n) is 6.42. The van der Waals surface area contributed by atoms with Crippen molar-refractivity contribution in [2.45, 2.75) is 0 Å². The van der Waals surface area contributed by atoms with Crippen LogP contribution in [0.4, 0.5) is 0 Å². The summed E-state index contributed by atoms with van der Waals surface area (Å²) in [6.07, 6.45) is 1.83. The molecule has 0 radical (unpaired) electrons. The van der Waals surface area contributed by atoms with Gasteiger partial charge in [0.15, 0.2) is 11.5 Å². The van der Waals surface area contributed by atoms with E-state index in [1.54, 1.807) is 0 Å². The fraction of sp³-hybridized carbons (Fsp3) is 0. The van der Waals surface area contributed by atoms with Gasteiger partial charge in [-0.05, 0) is 12.1 Å².